The largest absolute Gasteiger partial charge is 0.352 e. The van der Waals surface area contributed by atoms with E-state index in [2.05, 4.69) is 26.8 Å². The third kappa shape index (κ3) is 5.55. The van der Waals surface area contributed by atoms with Crippen molar-refractivity contribution in [3.8, 4) is 5.69 Å². The molecule has 0 radical (unpaired) electrons. The number of hydrogen-bond acceptors (Lipinski definition) is 2. The second kappa shape index (κ2) is 9.91. The first kappa shape index (κ1) is 19.9. The highest BCUT2D eigenvalue weighted by Crippen LogP contribution is 2.09. The Hall–Kier alpha value is -2.42. The van der Waals surface area contributed by atoms with Crippen molar-refractivity contribution in [3.63, 3.8) is 0 Å². The maximum Gasteiger partial charge on any atom is 0.191 e. The number of hydrogen-bond donors (Lipinski definition) is 2. The minimum absolute atomic E-state index is 0. The fraction of sp³-hybridized carbons (Fsp3) is 0.158. The minimum atomic E-state index is -0.233. The van der Waals surface area contributed by atoms with Crippen molar-refractivity contribution in [2.45, 2.75) is 13.1 Å². The molecule has 1 heterocycles. The molecule has 0 aliphatic heterocycles. The zero-order valence-corrected chi connectivity index (χ0v) is 16.7. The second-order valence-corrected chi connectivity index (χ2v) is 5.53. The molecule has 5 nitrogen and oxygen atoms in total. The summed E-state index contributed by atoms with van der Waals surface area (Å²) in [4.78, 5) is 4.21. The molecule has 7 heteroatoms. The Labute approximate surface area is 169 Å². The van der Waals surface area contributed by atoms with E-state index >= 15 is 0 Å². The molecular formula is C19H21FIN5. The maximum absolute atomic E-state index is 12.9. The van der Waals surface area contributed by atoms with Gasteiger partial charge in [-0.2, -0.15) is 5.10 Å². The van der Waals surface area contributed by atoms with Crippen LogP contribution in [0, 0.1) is 5.82 Å². The first-order chi connectivity index (χ1) is 12.2. The van der Waals surface area contributed by atoms with Crippen molar-refractivity contribution in [2.75, 3.05) is 7.05 Å². The topological polar surface area (TPSA) is 54.2 Å². The monoisotopic (exact) mass is 465 g/mol. The van der Waals surface area contributed by atoms with Gasteiger partial charge in [0.25, 0.3) is 0 Å². The van der Waals surface area contributed by atoms with Gasteiger partial charge in [0.1, 0.15) is 5.82 Å². The lowest BCUT2D eigenvalue weighted by molar-refractivity contribution is 0.626. The molecule has 0 saturated heterocycles. The van der Waals surface area contributed by atoms with Gasteiger partial charge in [-0.3, -0.25) is 4.99 Å². The molecule has 0 unspecified atom stereocenters. The summed E-state index contributed by atoms with van der Waals surface area (Å²) in [6.45, 7) is 1.21. The Balaban J connectivity index is 0.00000243. The summed E-state index contributed by atoms with van der Waals surface area (Å²) in [5.74, 6) is 0.456. The molecule has 0 aliphatic rings. The van der Waals surface area contributed by atoms with E-state index < -0.39 is 0 Å². The van der Waals surface area contributed by atoms with Crippen LogP contribution in [0.25, 0.3) is 5.69 Å². The number of guanidine groups is 1. The molecule has 0 fully saturated rings. The number of nitrogens with one attached hydrogen (secondary N) is 2. The van der Waals surface area contributed by atoms with Gasteiger partial charge in [-0.15, -0.1) is 24.0 Å². The lowest BCUT2D eigenvalue weighted by atomic mass is 10.2. The van der Waals surface area contributed by atoms with Gasteiger partial charge >= 0.3 is 0 Å². The van der Waals surface area contributed by atoms with E-state index in [1.165, 1.54) is 12.1 Å². The summed E-state index contributed by atoms with van der Waals surface area (Å²) in [7, 11) is 1.72. The zero-order chi connectivity index (χ0) is 17.5. The van der Waals surface area contributed by atoms with Crippen molar-refractivity contribution < 1.29 is 4.39 Å². The molecule has 0 atom stereocenters. The second-order valence-electron chi connectivity index (χ2n) is 5.53. The van der Waals surface area contributed by atoms with Gasteiger partial charge in [0.05, 0.1) is 5.69 Å². The third-order valence-electron chi connectivity index (χ3n) is 3.74. The van der Waals surface area contributed by atoms with Crippen LogP contribution in [0.1, 0.15) is 11.1 Å². The first-order valence-electron chi connectivity index (χ1n) is 8.02. The highest BCUT2D eigenvalue weighted by molar-refractivity contribution is 14.0. The van der Waals surface area contributed by atoms with Crippen molar-refractivity contribution in [2.24, 2.45) is 4.99 Å². The number of benzene rings is 2. The van der Waals surface area contributed by atoms with Crippen molar-refractivity contribution in [1.82, 2.24) is 20.4 Å². The fourth-order valence-corrected chi connectivity index (χ4v) is 2.42. The maximum atomic E-state index is 12.9. The Kier molecular flexibility index (Phi) is 7.58. The van der Waals surface area contributed by atoms with Gasteiger partial charge in [0.15, 0.2) is 5.96 Å². The molecule has 3 rings (SSSR count). The number of nitrogens with zero attached hydrogens (tertiary/aromatic N) is 3. The zero-order valence-electron chi connectivity index (χ0n) is 14.4. The van der Waals surface area contributed by atoms with Gasteiger partial charge < -0.3 is 10.6 Å². The predicted molar refractivity (Wildman–Crippen MR) is 112 cm³/mol. The van der Waals surface area contributed by atoms with Gasteiger partial charge in [-0.1, -0.05) is 24.3 Å². The average molecular weight is 465 g/mol. The van der Waals surface area contributed by atoms with Crippen LogP contribution in [-0.4, -0.2) is 22.8 Å². The summed E-state index contributed by atoms with van der Waals surface area (Å²) < 4.78 is 14.8. The van der Waals surface area contributed by atoms with Crippen LogP contribution in [0.5, 0.6) is 0 Å². The van der Waals surface area contributed by atoms with E-state index in [-0.39, 0.29) is 29.8 Å². The number of halogens is 2. The first-order valence-corrected chi connectivity index (χ1v) is 8.02. The van der Waals surface area contributed by atoms with Crippen molar-refractivity contribution in [3.05, 3.63) is 83.9 Å². The van der Waals surface area contributed by atoms with Crippen molar-refractivity contribution >= 4 is 29.9 Å². The van der Waals surface area contributed by atoms with Crippen LogP contribution in [0.15, 0.2) is 72.0 Å². The van der Waals surface area contributed by atoms with Crippen LogP contribution < -0.4 is 10.6 Å². The van der Waals surface area contributed by atoms with Gasteiger partial charge in [-0.05, 0) is 41.5 Å². The van der Waals surface area contributed by atoms with Crippen LogP contribution in [0.3, 0.4) is 0 Å². The van der Waals surface area contributed by atoms with E-state index in [0.717, 1.165) is 16.8 Å². The van der Waals surface area contributed by atoms with E-state index in [1.54, 1.807) is 25.4 Å². The Morgan fingerprint density at radius 1 is 1.04 bits per heavy atom. The Bertz CT molecular complexity index is 831. The molecule has 3 aromatic rings. The summed E-state index contributed by atoms with van der Waals surface area (Å²) >= 11 is 0. The van der Waals surface area contributed by atoms with E-state index in [1.807, 2.05) is 35.1 Å². The van der Waals surface area contributed by atoms with Crippen molar-refractivity contribution in [1.29, 1.82) is 0 Å². The molecule has 0 spiro atoms. The SMILES string of the molecule is CN=C(NCc1ccc(F)cc1)NCc1cccc(-n2cccn2)c1.I. The molecule has 136 valence electrons. The van der Waals surface area contributed by atoms with E-state index in [0.29, 0.717) is 19.0 Å². The molecule has 2 N–H and O–H groups in total. The molecule has 2 aromatic carbocycles. The molecule has 0 saturated carbocycles. The third-order valence-corrected chi connectivity index (χ3v) is 3.74. The summed E-state index contributed by atoms with van der Waals surface area (Å²) in [6, 6.07) is 16.4. The van der Waals surface area contributed by atoms with Crippen LogP contribution in [-0.2, 0) is 13.1 Å². The number of rotatable bonds is 5. The van der Waals surface area contributed by atoms with E-state index in [4.69, 9.17) is 0 Å². The lowest BCUT2D eigenvalue weighted by Crippen LogP contribution is -2.36. The Morgan fingerprint density at radius 2 is 1.77 bits per heavy atom. The number of aliphatic imine (C=N–C) groups is 1. The molecule has 0 aliphatic carbocycles. The minimum Gasteiger partial charge on any atom is -0.352 e. The predicted octanol–water partition coefficient (Wildman–Crippen LogP) is 3.49. The number of aromatic nitrogens is 2. The standard InChI is InChI=1S/C19H20FN5.HI/c1-21-19(22-13-15-6-8-17(20)9-7-15)23-14-16-4-2-5-18(12-16)25-11-3-10-24-25;/h2-12H,13-14H2,1H3,(H2,21,22,23);1H. The molecule has 0 bridgehead atoms. The smallest absolute Gasteiger partial charge is 0.191 e. The highest BCUT2D eigenvalue weighted by Gasteiger charge is 2.02. The molecule has 0 amide bonds. The molecule has 1 aromatic heterocycles. The highest BCUT2D eigenvalue weighted by atomic mass is 127. The molecule has 26 heavy (non-hydrogen) atoms. The molecular weight excluding hydrogens is 444 g/mol. The van der Waals surface area contributed by atoms with Crippen LogP contribution in [0.2, 0.25) is 0 Å². The normalized spacial score (nSPS) is 10.9. The van der Waals surface area contributed by atoms with Crippen LogP contribution in [0.4, 0.5) is 4.39 Å². The van der Waals surface area contributed by atoms with Gasteiger partial charge in [-0.25, -0.2) is 9.07 Å². The summed E-state index contributed by atoms with van der Waals surface area (Å²) in [5.41, 5.74) is 3.13. The van der Waals surface area contributed by atoms with E-state index in [9.17, 15) is 4.39 Å². The Morgan fingerprint density at radius 3 is 2.42 bits per heavy atom. The quantitative estimate of drug-likeness (QED) is 0.345. The fourth-order valence-electron chi connectivity index (χ4n) is 2.42. The summed E-state index contributed by atoms with van der Waals surface area (Å²) in [5, 5.41) is 10.7. The van der Waals surface area contributed by atoms with Gasteiger partial charge in [0, 0.05) is 32.5 Å². The van der Waals surface area contributed by atoms with Crippen LogP contribution >= 0.6 is 24.0 Å². The summed E-state index contributed by atoms with van der Waals surface area (Å²) in [6.07, 6.45) is 3.67. The average Bonchev–Trinajstić information content (AvgIpc) is 3.18. The van der Waals surface area contributed by atoms with Gasteiger partial charge in [0.2, 0.25) is 0 Å². The lowest BCUT2D eigenvalue weighted by Gasteiger charge is -2.12.